The van der Waals surface area contributed by atoms with Gasteiger partial charge in [0.2, 0.25) is 0 Å². The van der Waals surface area contributed by atoms with Crippen molar-refractivity contribution in [1.29, 1.82) is 0 Å². The van der Waals surface area contributed by atoms with Crippen LogP contribution in [0.1, 0.15) is 23.6 Å². The Morgan fingerprint density at radius 3 is 2.71 bits per heavy atom. The largest absolute Gasteiger partial charge is 0.388 e. The monoisotopic (exact) mass is 331 g/mol. The van der Waals surface area contributed by atoms with Crippen molar-refractivity contribution in [2.45, 2.75) is 20.0 Å². The topological polar surface area (TPSA) is 33.1 Å². The summed E-state index contributed by atoms with van der Waals surface area (Å²) in [6.45, 7) is 3.66. The lowest BCUT2D eigenvalue weighted by Crippen LogP contribution is -1.88. The Morgan fingerprint density at radius 2 is 2.18 bits per heavy atom. The molecule has 2 nitrogen and oxygen atoms in total. The summed E-state index contributed by atoms with van der Waals surface area (Å²) in [5, 5.41) is 11.2. The summed E-state index contributed by atoms with van der Waals surface area (Å²) in [5.74, 6) is 0. The summed E-state index contributed by atoms with van der Waals surface area (Å²) < 4.78 is 0.850. The molecule has 1 N–H and O–H groups in total. The van der Waals surface area contributed by atoms with Crippen molar-refractivity contribution in [3.63, 3.8) is 0 Å². The zero-order valence-corrected chi connectivity index (χ0v) is 12.5. The molecule has 2 rings (SSSR count). The minimum absolute atomic E-state index is 0.475. The van der Waals surface area contributed by atoms with E-state index < -0.39 is 6.10 Å². The van der Waals surface area contributed by atoms with Crippen molar-refractivity contribution >= 4 is 38.9 Å². The average molecular weight is 333 g/mol. The molecule has 0 aliphatic heterocycles. The number of benzene rings is 1. The quantitative estimate of drug-likeness (QED) is 0.872. The van der Waals surface area contributed by atoms with Gasteiger partial charge in [0.05, 0.1) is 21.7 Å². The molecular formula is C12H11BrClNOS. The van der Waals surface area contributed by atoms with Crippen molar-refractivity contribution in [3.8, 4) is 10.6 Å². The van der Waals surface area contributed by atoms with Crippen LogP contribution in [-0.4, -0.2) is 10.1 Å². The minimum Gasteiger partial charge on any atom is -0.388 e. The zero-order chi connectivity index (χ0) is 12.6. The van der Waals surface area contributed by atoms with Crippen LogP contribution in [0.5, 0.6) is 0 Å². The van der Waals surface area contributed by atoms with E-state index in [1.165, 1.54) is 11.3 Å². The number of hydrogen-bond acceptors (Lipinski definition) is 3. The normalized spacial score (nSPS) is 12.8. The van der Waals surface area contributed by atoms with Crippen molar-refractivity contribution < 1.29 is 5.11 Å². The smallest absolute Gasteiger partial charge is 0.123 e. The van der Waals surface area contributed by atoms with E-state index >= 15 is 0 Å². The van der Waals surface area contributed by atoms with E-state index in [0.29, 0.717) is 5.02 Å². The molecule has 0 bridgehead atoms. The van der Waals surface area contributed by atoms with Gasteiger partial charge < -0.3 is 5.11 Å². The highest BCUT2D eigenvalue weighted by molar-refractivity contribution is 9.10. The van der Waals surface area contributed by atoms with Crippen molar-refractivity contribution in [2.24, 2.45) is 0 Å². The lowest BCUT2D eigenvalue weighted by atomic mass is 10.2. The molecule has 0 aliphatic carbocycles. The van der Waals surface area contributed by atoms with Gasteiger partial charge in [-0.2, -0.15) is 0 Å². The van der Waals surface area contributed by atoms with Gasteiger partial charge in [-0.1, -0.05) is 17.7 Å². The zero-order valence-electron chi connectivity index (χ0n) is 9.37. The third kappa shape index (κ3) is 2.71. The van der Waals surface area contributed by atoms with Crippen LogP contribution in [0, 0.1) is 6.92 Å². The summed E-state index contributed by atoms with van der Waals surface area (Å²) >= 11 is 10.9. The molecule has 0 amide bonds. The van der Waals surface area contributed by atoms with Crippen LogP contribution in [0.4, 0.5) is 0 Å². The van der Waals surface area contributed by atoms with E-state index in [1.807, 2.05) is 25.1 Å². The first kappa shape index (κ1) is 13.0. The number of aliphatic hydroxyl groups excluding tert-OH is 1. The SMILES string of the molecule is Cc1nc(-c2ccc(Cl)c(Br)c2)sc1C(C)O. The van der Waals surface area contributed by atoms with Gasteiger partial charge in [-0.15, -0.1) is 11.3 Å². The van der Waals surface area contributed by atoms with Gasteiger partial charge in [0, 0.05) is 10.0 Å². The van der Waals surface area contributed by atoms with Crippen molar-refractivity contribution in [2.75, 3.05) is 0 Å². The molecule has 0 fully saturated rings. The van der Waals surface area contributed by atoms with Gasteiger partial charge in [0.25, 0.3) is 0 Å². The summed E-state index contributed by atoms with van der Waals surface area (Å²) in [4.78, 5) is 5.38. The molecule has 1 aromatic carbocycles. The highest BCUT2D eigenvalue weighted by Crippen LogP contribution is 2.34. The summed E-state index contributed by atoms with van der Waals surface area (Å²) in [7, 11) is 0. The molecule has 2 aromatic rings. The first-order valence-electron chi connectivity index (χ1n) is 5.10. The van der Waals surface area contributed by atoms with E-state index in [4.69, 9.17) is 11.6 Å². The lowest BCUT2D eigenvalue weighted by molar-refractivity contribution is 0.202. The number of aliphatic hydroxyl groups is 1. The molecule has 90 valence electrons. The van der Waals surface area contributed by atoms with Crippen LogP contribution in [-0.2, 0) is 0 Å². The van der Waals surface area contributed by atoms with Crippen LogP contribution in [0.2, 0.25) is 5.02 Å². The van der Waals surface area contributed by atoms with Gasteiger partial charge >= 0.3 is 0 Å². The molecule has 5 heteroatoms. The third-order valence-corrected chi connectivity index (χ3v) is 4.97. The number of rotatable bonds is 2. The Balaban J connectivity index is 2.46. The molecule has 0 spiro atoms. The first-order chi connectivity index (χ1) is 7.99. The van der Waals surface area contributed by atoms with E-state index in [2.05, 4.69) is 20.9 Å². The number of nitrogens with zero attached hydrogens (tertiary/aromatic N) is 1. The predicted molar refractivity (Wildman–Crippen MR) is 75.6 cm³/mol. The molecular weight excluding hydrogens is 322 g/mol. The van der Waals surface area contributed by atoms with E-state index in [9.17, 15) is 5.11 Å². The predicted octanol–water partition coefficient (Wildman–Crippen LogP) is 4.59. The maximum absolute atomic E-state index is 9.60. The van der Waals surface area contributed by atoms with Gasteiger partial charge in [-0.3, -0.25) is 0 Å². The fourth-order valence-electron chi connectivity index (χ4n) is 1.55. The maximum Gasteiger partial charge on any atom is 0.123 e. The Hall–Kier alpha value is -0.420. The van der Waals surface area contributed by atoms with Crippen LogP contribution in [0.15, 0.2) is 22.7 Å². The molecule has 17 heavy (non-hydrogen) atoms. The van der Waals surface area contributed by atoms with Crippen LogP contribution in [0.25, 0.3) is 10.6 Å². The number of halogens is 2. The van der Waals surface area contributed by atoms with Crippen molar-refractivity contribution in [3.05, 3.63) is 38.3 Å². The Bertz CT molecular complexity index is 553. The van der Waals surface area contributed by atoms with Crippen molar-refractivity contribution in [1.82, 2.24) is 4.98 Å². The van der Waals surface area contributed by atoms with Gasteiger partial charge in [0.1, 0.15) is 5.01 Å². The average Bonchev–Trinajstić information content (AvgIpc) is 2.64. The van der Waals surface area contributed by atoms with Gasteiger partial charge in [-0.05, 0) is 41.9 Å². The molecule has 0 aliphatic rings. The third-order valence-electron chi connectivity index (χ3n) is 2.38. The molecule has 1 atom stereocenters. The second kappa shape index (κ2) is 5.06. The fraction of sp³-hybridized carbons (Fsp3) is 0.250. The van der Waals surface area contributed by atoms with E-state index in [1.54, 1.807) is 6.92 Å². The molecule has 0 saturated carbocycles. The minimum atomic E-state index is -0.475. The van der Waals surface area contributed by atoms with Crippen LogP contribution < -0.4 is 0 Å². The van der Waals surface area contributed by atoms with Crippen LogP contribution >= 0.6 is 38.9 Å². The lowest BCUT2D eigenvalue weighted by Gasteiger charge is -2.00. The number of hydrogen-bond donors (Lipinski definition) is 1. The Kier molecular flexibility index (Phi) is 3.88. The highest BCUT2D eigenvalue weighted by Gasteiger charge is 2.13. The summed E-state index contributed by atoms with van der Waals surface area (Å²) in [6, 6.07) is 5.70. The van der Waals surface area contributed by atoms with Gasteiger partial charge in [0.15, 0.2) is 0 Å². The highest BCUT2D eigenvalue weighted by atomic mass is 79.9. The van der Waals surface area contributed by atoms with E-state index in [0.717, 1.165) is 25.6 Å². The van der Waals surface area contributed by atoms with Gasteiger partial charge in [-0.25, -0.2) is 4.98 Å². The number of aromatic nitrogens is 1. The second-order valence-corrected chi connectivity index (χ2v) is 6.07. The first-order valence-corrected chi connectivity index (χ1v) is 7.08. The summed E-state index contributed by atoms with van der Waals surface area (Å²) in [6.07, 6.45) is -0.475. The Labute approximate surface area is 117 Å². The molecule has 1 heterocycles. The molecule has 0 radical (unpaired) electrons. The number of aryl methyl sites for hydroxylation is 1. The maximum atomic E-state index is 9.60. The second-order valence-electron chi connectivity index (χ2n) is 3.77. The number of thiazole rings is 1. The van der Waals surface area contributed by atoms with Crippen LogP contribution in [0.3, 0.4) is 0 Å². The molecule has 0 saturated heterocycles. The summed E-state index contributed by atoms with van der Waals surface area (Å²) in [5.41, 5.74) is 1.88. The molecule has 1 unspecified atom stereocenters. The van der Waals surface area contributed by atoms with E-state index in [-0.39, 0.29) is 0 Å². The molecule has 1 aromatic heterocycles. The fourth-order valence-corrected chi connectivity index (χ4v) is 3.04. The Morgan fingerprint density at radius 1 is 1.47 bits per heavy atom. The standard InChI is InChI=1S/C12H11BrClNOS/c1-6-11(7(2)16)17-12(15-6)8-3-4-10(14)9(13)5-8/h3-5,7,16H,1-2H3.